The maximum atomic E-state index is 12.6. The second-order valence-corrected chi connectivity index (χ2v) is 7.78. The zero-order valence-corrected chi connectivity index (χ0v) is 16.9. The molecular weight excluding hydrogens is 372 g/mol. The van der Waals surface area contributed by atoms with E-state index >= 15 is 0 Å². The Morgan fingerprint density at radius 2 is 1.66 bits per heavy atom. The molecule has 1 heterocycles. The number of hydrogen-bond donors (Lipinski definition) is 1. The summed E-state index contributed by atoms with van der Waals surface area (Å²) in [5, 5.41) is 2.74. The minimum atomic E-state index is -1.06. The lowest BCUT2D eigenvalue weighted by molar-refractivity contribution is -0.159. The van der Waals surface area contributed by atoms with Gasteiger partial charge in [-0.2, -0.15) is 0 Å². The maximum Gasteiger partial charge on any atom is 0.329 e. The quantitative estimate of drug-likeness (QED) is 0.452. The highest BCUT2D eigenvalue weighted by Crippen LogP contribution is 2.36. The third-order valence-electron chi connectivity index (χ3n) is 5.47. The molecule has 1 saturated heterocycles. The molecule has 0 radical (unpaired) electrons. The average molecular weight is 398 g/mol. The van der Waals surface area contributed by atoms with E-state index in [-0.39, 0.29) is 17.7 Å². The van der Waals surface area contributed by atoms with E-state index in [1.807, 2.05) is 44.2 Å². The standard InChI is InChI=1S/C22H26N2O5/c1-13(2)15-8-6-7-11-18(15)23-19(25)12-29-22(28)14(3)24-20(26)16-9-4-5-10-17(16)21(24)27/h4-8,11,13-14,16-17H,9-10,12H2,1-3H3,(H,23,25)/t14-,16-,17+/m0/s1. The van der Waals surface area contributed by atoms with Crippen LogP contribution in [0.2, 0.25) is 0 Å². The first kappa shape index (κ1) is 20.8. The molecule has 3 amide bonds. The van der Waals surface area contributed by atoms with E-state index in [4.69, 9.17) is 4.74 Å². The number of anilines is 1. The Hall–Kier alpha value is -2.96. The predicted molar refractivity (Wildman–Crippen MR) is 107 cm³/mol. The number of ether oxygens (including phenoxy) is 1. The average Bonchev–Trinajstić information content (AvgIpc) is 2.96. The molecule has 3 atom stereocenters. The number of carbonyl (C=O) groups is 4. The lowest BCUT2D eigenvalue weighted by atomic mass is 9.85. The van der Waals surface area contributed by atoms with Gasteiger partial charge in [0.2, 0.25) is 11.8 Å². The summed E-state index contributed by atoms with van der Waals surface area (Å²) in [4.78, 5) is 50.7. The van der Waals surface area contributed by atoms with Crippen LogP contribution in [0.3, 0.4) is 0 Å². The molecule has 29 heavy (non-hydrogen) atoms. The van der Waals surface area contributed by atoms with Gasteiger partial charge in [0.15, 0.2) is 6.61 Å². The molecule has 0 aromatic heterocycles. The van der Waals surface area contributed by atoms with Gasteiger partial charge >= 0.3 is 5.97 Å². The van der Waals surface area contributed by atoms with E-state index in [2.05, 4.69) is 5.32 Å². The first-order chi connectivity index (χ1) is 13.8. The first-order valence-electron chi connectivity index (χ1n) is 9.88. The van der Waals surface area contributed by atoms with Crippen LogP contribution in [0.15, 0.2) is 36.4 Å². The fourth-order valence-electron chi connectivity index (χ4n) is 3.87. The second kappa shape index (κ2) is 8.59. The summed E-state index contributed by atoms with van der Waals surface area (Å²) < 4.78 is 5.09. The molecule has 1 aliphatic heterocycles. The van der Waals surface area contributed by atoms with Crippen molar-refractivity contribution >= 4 is 29.4 Å². The molecule has 1 aromatic rings. The Bertz CT molecular complexity index is 835. The summed E-state index contributed by atoms with van der Waals surface area (Å²) >= 11 is 0. The van der Waals surface area contributed by atoms with Gasteiger partial charge in [0.25, 0.3) is 5.91 Å². The highest BCUT2D eigenvalue weighted by Gasteiger charge is 2.50. The second-order valence-electron chi connectivity index (χ2n) is 7.78. The van der Waals surface area contributed by atoms with Crippen LogP contribution in [0, 0.1) is 11.8 Å². The summed E-state index contributed by atoms with van der Waals surface area (Å²) in [6.45, 7) is 5.00. The van der Waals surface area contributed by atoms with E-state index in [1.165, 1.54) is 6.92 Å². The number of likely N-dealkylation sites (tertiary alicyclic amines) is 1. The predicted octanol–water partition coefficient (Wildman–Crippen LogP) is 2.63. The van der Waals surface area contributed by atoms with E-state index in [9.17, 15) is 19.2 Å². The molecular formula is C22H26N2O5. The highest BCUT2D eigenvalue weighted by molar-refractivity contribution is 6.08. The van der Waals surface area contributed by atoms with E-state index in [1.54, 1.807) is 6.07 Å². The van der Waals surface area contributed by atoms with E-state index in [0.29, 0.717) is 18.5 Å². The van der Waals surface area contributed by atoms with E-state index in [0.717, 1.165) is 10.5 Å². The number of rotatable bonds is 6. The molecule has 2 aliphatic rings. The van der Waals surface area contributed by atoms with Gasteiger partial charge < -0.3 is 10.1 Å². The topological polar surface area (TPSA) is 92.8 Å². The fourth-order valence-corrected chi connectivity index (χ4v) is 3.87. The van der Waals surface area contributed by atoms with Crippen LogP contribution >= 0.6 is 0 Å². The summed E-state index contributed by atoms with van der Waals surface area (Å²) in [6.07, 6.45) is 4.78. The number of nitrogens with zero attached hydrogens (tertiary/aromatic N) is 1. The number of nitrogens with one attached hydrogen (secondary N) is 1. The summed E-state index contributed by atoms with van der Waals surface area (Å²) in [7, 11) is 0. The molecule has 7 heteroatoms. The summed E-state index contributed by atoms with van der Waals surface area (Å²) in [5.41, 5.74) is 1.64. The third kappa shape index (κ3) is 4.23. The van der Waals surface area contributed by atoms with Crippen molar-refractivity contribution in [2.45, 2.75) is 45.6 Å². The molecule has 154 valence electrons. The zero-order chi connectivity index (χ0) is 21.1. The Labute approximate surface area is 170 Å². The molecule has 1 aliphatic carbocycles. The number of imide groups is 1. The molecule has 3 rings (SSSR count). The van der Waals surface area contributed by atoms with Gasteiger partial charge in [-0.05, 0) is 37.3 Å². The Kier molecular flexibility index (Phi) is 6.15. The molecule has 0 bridgehead atoms. The van der Waals surface area contributed by atoms with Crippen molar-refractivity contribution in [3.63, 3.8) is 0 Å². The molecule has 7 nitrogen and oxygen atoms in total. The van der Waals surface area contributed by atoms with Crippen molar-refractivity contribution in [2.24, 2.45) is 11.8 Å². The maximum absolute atomic E-state index is 12.6. The molecule has 1 aromatic carbocycles. The van der Waals surface area contributed by atoms with Gasteiger partial charge in [0.05, 0.1) is 11.8 Å². The van der Waals surface area contributed by atoms with Gasteiger partial charge in [-0.3, -0.25) is 19.3 Å². The van der Waals surface area contributed by atoms with Crippen LogP contribution in [-0.2, 0) is 23.9 Å². The summed E-state index contributed by atoms with van der Waals surface area (Å²) in [5.74, 6) is -2.52. The number of allylic oxidation sites excluding steroid dienone is 2. The number of esters is 1. The first-order valence-corrected chi connectivity index (χ1v) is 9.88. The van der Waals surface area contributed by atoms with Crippen molar-refractivity contribution in [1.29, 1.82) is 0 Å². The van der Waals surface area contributed by atoms with Crippen molar-refractivity contribution in [2.75, 3.05) is 11.9 Å². The summed E-state index contributed by atoms with van der Waals surface area (Å²) in [6, 6.07) is 6.36. The molecule has 0 unspecified atom stereocenters. The number of carbonyl (C=O) groups excluding carboxylic acids is 4. The number of hydrogen-bond acceptors (Lipinski definition) is 5. The number of para-hydroxylation sites is 1. The van der Waals surface area contributed by atoms with Crippen LogP contribution < -0.4 is 5.32 Å². The Morgan fingerprint density at radius 1 is 1.07 bits per heavy atom. The minimum Gasteiger partial charge on any atom is -0.454 e. The van der Waals surface area contributed by atoms with Crippen molar-refractivity contribution < 1.29 is 23.9 Å². The molecule has 0 saturated carbocycles. The van der Waals surface area contributed by atoms with Gasteiger partial charge in [0, 0.05) is 5.69 Å². The molecule has 1 fully saturated rings. The van der Waals surface area contributed by atoms with Gasteiger partial charge in [0.1, 0.15) is 6.04 Å². The highest BCUT2D eigenvalue weighted by atomic mass is 16.5. The molecule has 1 N–H and O–H groups in total. The van der Waals surface area contributed by atoms with Crippen molar-refractivity contribution in [3.05, 3.63) is 42.0 Å². The zero-order valence-electron chi connectivity index (χ0n) is 16.9. The molecule has 0 spiro atoms. The smallest absolute Gasteiger partial charge is 0.329 e. The van der Waals surface area contributed by atoms with Crippen LogP contribution in [0.1, 0.15) is 45.1 Å². The van der Waals surface area contributed by atoms with Crippen LogP contribution in [-0.4, -0.2) is 41.2 Å². The normalized spacial score (nSPS) is 21.9. The van der Waals surface area contributed by atoms with Gasteiger partial charge in [-0.1, -0.05) is 44.2 Å². The van der Waals surface area contributed by atoms with Crippen LogP contribution in [0.5, 0.6) is 0 Å². The monoisotopic (exact) mass is 398 g/mol. The van der Waals surface area contributed by atoms with Crippen LogP contribution in [0.25, 0.3) is 0 Å². The van der Waals surface area contributed by atoms with E-state index < -0.39 is 36.4 Å². The Morgan fingerprint density at radius 3 is 2.24 bits per heavy atom. The van der Waals surface area contributed by atoms with Gasteiger partial charge in [-0.25, -0.2) is 4.79 Å². The largest absolute Gasteiger partial charge is 0.454 e. The fraction of sp³-hybridized carbons (Fsp3) is 0.455. The van der Waals surface area contributed by atoms with Gasteiger partial charge in [-0.15, -0.1) is 0 Å². The number of benzene rings is 1. The minimum absolute atomic E-state index is 0.222. The third-order valence-corrected chi connectivity index (χ3v) is 5.47. The Balaban J connectivity index is 1.57. The van der Waals surface area contributed by atoms with Crippen molar-refractivity contribution in [1.82, 2.24) is 4.90 Å². The number of fused-ring (bicyclic) bond motifs is 1. The van der Waals surface area contributed by atoms with Crippen LogP contribution in [0.4, 0.5) is 5.69 Å². The SMILES string of the molecule is CC(C)c1ccccc1NC(=O)COC(=O)[C@H](C)N1C(=O)[C@H]2CC=CC[C@H]2C1=O. The van der Waals surface area contributed by atoms with Crippen molar-refractivity contribution in [3.8, 4) is 0 Å². The lowest BCUT2D eigenvalue weighted by Crippen LogP contribution is -2.45. The number of amides is 3. The lowest BCUT2D eigenvalue weighted by Gasteiger charge is -2.21.